The number of aromatic nitrogens is 2. The minimum absolute atomic E-state index is 0.0437. The fourth-order valence-corrected chi connectivity index (χ4v) is 3.86. The van der Waals surface area contributed by atoms with Crippen LogP contribution in [0.3, 0.4) is 0 Å². The van der Waals surface area contributed by atoms with E-state index < -0.39 is 11.5 Å². The number of aryl methyl sites for hydroxylation is 1. The van der Waals surface area contributed by atoms with Gasteiger partial charge in [-0.3, -0.25) is 0 Å². The minimum atomic E-state index is -1.75. The van der Waals surface area contributed by atoms with Crippen LogP contribution >= 0.6 is 0 Å². The van der Waals surface area contributed by atoms with Gasteiger partial charge in [0.25, 0.3) is 0 Å². The average Bonchev–Trinajstić information content (AvgIpc) is 3.09. The van der Waals surface area contributed by atoms with E-state index in [0.717, 1.165) is 28.7 Å². The van der Waals surface area contributed by atoms with E-state index in [-0.39, 0.29) is 5.56 Å². The second kappa shape index (κ2) is 8.70. The molecule has 0 unspecified atom stereocenters. The smallest absolute Gasteiger partial charge is 0.208 e. The summed E-state index contributed by atoms with van der Waals surface area (Å²) in [6.45, 7) is 8.98. The summed E-state index contributed by atoms with van der Waals surface area (Å²) < 4.78 is 30.9. The van der Waals surface area contributed by atoms with Crippen molar-refractivity contribution in [3.8, 4) is 0 Å². The maximum absolute atomic E-state index is 14.6. The van der Waals surface area contributed by atoms with E-state index in [9.17, 15) is 8.78 Å². The molecule has 4 nitrogen and oxygen atoms in total. The van der Waals surface area contributed by atoms with Crippen LogP contribution in [-0.4, -0.2) is 9.55 Å². The van der Waals surface area contributed by atoms with Gasteiger partial charge in [0.15, 0.2) is 0 Å². The maximum Gasteiger partial charge on any atom is 0.208 e. The van der Waals surface area contributed by atoms with Crippen molar-refractivity contribution in [1.29, 1.82) is 0 Å². The van der Waals surface area contributed by atoms with Crippen LogP contribution in [-0.2, 0) is 18.6 Å². The molecular weight excluding hydrogens is 418 g/mol. The Labute approximate surface area is 192 Å². The van der Waals surface area contributed by atoms with E-state index in [1.54, 1.807) is 6.07 Å². The second-order valence-corrected chi connectivity index (χ2v) is 8.71. The van der Waals surface area contributed by atoms with Crippen LogP contribution < -0.4 is 11.1 Å². The molecule has 170 valence electrons. The monoisotopic (exact) mass is 446 g/mol. The van der Waals surface area contributed by atoms with E-state index in [1.807, 2.05) is 34.9 Å². The molecule has 0 atom stereocenters. The Morgan fingerprint density at radius 3 is 2.36 bits per heavy atom. The van der Waals surface area contributed by atoms with E-state index in [2.05, 4.69) is 31.0 Å². The number of rotatable bonds is 7. The normalized spacial score (nSPS) is 11.7. The molecule has 3 N–H and O–H groups in total. The van der Waals surface area contributed by atoms with Gasteiger partial charge in [0.1, 0.15) is 11.5 Å². The van der Waals surface area contributed by atoms with Gasteiger partial charge in [0.2, 0.25) is 5.95 Å². The molecule has 1 aromatic heterocycles. The Kier molecular flexibility index (Phi) is 5.93. The second-order valence-electron chi connectivity index (χ2n) is 8.71. The number of benzene rings is 3. The largest absolute Gasteiger partial charge is 0.399 e. The van der Waals surface area contributed by atoms with Gasteiger partial charge in [-0.1, -0.05) is 43.8 Å². The summed E-state index contributed by atoms with van der Waals surface area (Å²) in [5, 5.41) is 3.38. The molecule has 3 aromatic carbocycles. The number of nitrogens with two attached hydrogens (primary N) is 1. The third-order valence-electron chi connectivity index (χ3n) is 5.75. The van der Waals surface area contributed by atoms with Gasteiger partial charge in [-0.25, -0.2) is 13.8 Å². The highest BCUT2D eigenvalue weighted by Gasteiger charge is 2.23. The van der Waals surface area contributed by atoms with E-state index in [0.29, 0.717) is 23.8 Å². The van der Waals surface area contributed by atoms with Crippen LogP contribution in [0.5, 0.6) is 0 Å². The Morgan fingerprint density at radius 2 is 1.76 bits per heavy atom. The molecule has 0 spiro atoms. The molecule has 0 amide bonds. The zero-order valence-electron chi connectivity index (χ0n) is 19.1. The quantitative estimate of drug-likeness (QED) is 0.334. The van der Waals surface area contributed by atoms with Crippen molar-refractivity contribution in [2.24, 2.45) is 5.73 Å². The molecule has 0 aliphatic carbocycles. The molecule has 33 heavy (non-hydrogen) atoms. The van der Waals surface area contributed by atoms with Crippen LogP contribution in [0.25, 0.3) is 16.7 Å². The lowest BCUT2D eigenvalue weighted by Crippen LogP contribution is -2.12. The number of nitrogens with one attached hydrogen (secondary N) is 1. The highest BCUT2D eigenvalue weighted by atomic mass is 19.1. The van der Waals surface area contributed by atoms with Gasteiger partial charge in [-0.05, 0) is 67.3 Å². The molecule has 0 saturated carbocycles. The van der Waals surface area contributed by atoms with Gasteiger partial charge < -0.3 is 15.6 Å². The van der Waals surface area contributed by atoms with Gasteiger partial charge in [-0.15, -0.1) is 0 Å². The molecule has 0 aliphatic heterocycles. The number of halogens is 2. The highest BCUT2D eigenvalue weighted by Crippen LogP contribution is 2.30. The Hall–Kier alpha value is -3.67. The maximum atomic E-state index is 14.6. The third-order valence-corrected chi connectivity index (χ3v) is 5.75. The van der Waals surface area contributed by atoms with Crippen LogP contribution in [0.2, 0.25) is 0 Å². The van der Waals surface area contributed by atoms with Crippen LogP contribution in [0, 0.1) is 5.82 Å². The fraction of sp³-hybridized carbons (Fsp3) is 0.222. The molecule has 0 bridgehead atoms. The van der Waals surface area contributed by atoms with Crippen molar-refractivity contribution in [2.75, 3.05) is 5.32 Å². The average molecular weight is 447 g/mol. The zero-order chi connectivity index (χ0) is 23.8. The molecule has 6 heteroatoms. The lowest BCUT2D eigenvalue weighted by molar-refractivity contribution is 0.214. The minimum Gasteiger partial charge on any atom is -0.399 e. The summed E-state index contributed by atoms with van der Waals surface area (Å²) in [6, 6.07) is 18.5. The van der Waals surface area contributed by atoms with Crippen molar-refractivity contribution >= 4 is 28.4 Å². The molecule has 0 fully saturated rings. The molecule has 4 aromatic rings. The molecular formula is C27H28F2N4. The fourth-order valence-electron chi connectivity index (χ4n) is 3.86. The summed E-state index contributed by atoms with van der Waals surface area (Å²) in [6.07, 6.45) is 0.960. The van der Waals surface area contributed by atoms with Crippen molar-refractivity contribution in [2.45, 2.75) is 39.4 Å². The number of alkyl halides is 1. The summed E-state index contributed by atoms with van der Waals surface area (Å²) in [7, 11) is 0. The number of fused-ring (bicyclic) bond motifs is 1. The summed E-state index contributed by atoms with van der Waals surface area (Å²) in [4.78, 5) is 4.77. The predicted molar refractivity (Wildman–Crippen MR) is 132 cm³/mol. The highest BCUT2D eigenvalue weighted by molar-refractivity contribution is 5.83. The first kappa shape index (κ1) is 22.5. The molecule has 0 radical (unpaired) electrons. The first-order valence-electron chi connectivity index (χ1n) is 10.9. The van der Waals surface area contributed by atoms with Crippen molar-refractivity contribution in [1.82, 2.24) is 9.55 Å². The number of hydrogen-bond donors (Lipinski definition) is 2. The number of nitrogens with zero attached hydrogens (tertiary/aromatic N) is 2. The molecule has 4 rings (SSSR count). The molecule has 0 aliphatic rings. The molecule has 0 saturated heterocycles. The van der Waals surface area contributed by atoms with E-state index in [4.69, 9.17) is 10.7 Å². The number of imidazole rings is 1. The predicted octanol–water partition coefficient (Wildman–Crippen LogP) is 6.66. The molecule has 1 heterocycles. The summed E-state index contributed by atoms with van der Waals surface area (Å²) >= 11 is 0. The van der Waals surface area contributed by atoms with Gasteiger partial charge >= 0.3 is 0 Å². The van der Waals surface area contributed by atoms with Crippen LogP contribution in [0.1, 0.15) is 43.0 Å². The zero-order valence-corrected chi connectivity index (χ0v) is 19.1. The van der Waals surface area contributed by atoms with E-state index in [1.165, 1.54) is 31.5 Å². The summed E-state index contributed by atoms with van der Waals surface area (Å²) in [5.74, 6) is 0.0557. The Morgan fingerprint density at radius 1 is 1.06 bits per heavy atom. The van der Waals surface area contributed by atoms with E-state index >= 15 is 0 Å². The SMILES string of the molecule is C=C(N)c1ccc2c(c1)nc(Nc1ccc(CC)cc1)n2Cc1ccc(C(C)(C)F)c(F)c1. The Bertz CT molecular complexity index is 1310. The summed E-state index contributed by atoms with van der Waals surface area (Å²) in [5.41, 5.74) is 9.88. The third kappa shape index (κ3) is 4.75. The van der Waals surface area contributed by atoms with Gasteiger partial charge in [0.05, 0.1) is 17.6 Å². The number of hydrogen-bond acceptors (Lipinski definition) is 3. The lowest BCUT2D eigenvalue weighted by atomic mass is 9.98. The van der Waals surface area contributed by atoms with Crippen LogP contribution in [0.4, 0.5) is 20.4 Å². The van der Waals surface area contributed by atoms with Gasteiger partial charge in [-0.2, -0.15) is 0 Å². The van der Waals surface area contributed by atoms with Gasteiger partial charge in [0, 0.05) is 16.9 Å². The lowest BCUT2D eigenvalue weighted by Gasteiger charge is -2.17. The van der Waals surface area contributed by atoms with Crippen molar-refractivity contribution < 1.29 is 8.78 Å². The first-order chi connectivity index (χ1) is 15.7. The van der Waals surface area contributed by atoms with Crippen LogP contribution in [0.15, 0.2) is 67.2 Å². The van der Waals surface area contributed by atoms with Crippen molar-refractivity contribution in [3.63, 3.8) is 0 Å². The number of anilines is 2. The topological polar surface area (TPSA) is 55.9 Å². The Balaban J connectivity index is 1.76. The van der Waals surface area contributed by atoms with Crippen molar-refractivity contribution in [3.05, 3.63) is 95.3 Å². The standard InChI is InChI=1S/C27H28F2N4/c1-5-18-6-10-21(11-7-18)31-26-32-24-15-20(17(2)30)9-13-25(24)33(26)16-19-8-12-22(23(28)14-19)27(3,4)29/h6-15H,2,5,16,30H2,1,3-4H3,(H,31,32). The first-order valence-corrected chi connectivity index (χ1v) is 10.9.